The van der Waals surface area contributed by atoms with E-state index in [1.54, 1.807) is 0 Å². The fourth-order valence-corrected chi connectivity index (χ4v) is 2.97. The molecule has 0 aromatic carbocycles. The molecule has 0 radical (unpaired) electrons. The highest BCUT2D eigenvalue weighted by Crippen LogP contribution is 2.41. The van der Waals surface area contributed by atoms with E-state index in [0.717, 1.165) is 0 Å². The number of hydrogen-bond donors (Lipinski definition) is 1. The molecule has 1 N–H and O–H groups in total. The van der Waals surface area contributed by atoms with Crippen molar-refractivity contribution in [2.75, 3.05) is 13.2 Å². The number of hydrogen-bond acceptors (Lipinski definition) is 3. The van der Waals surface area contributed by atoms with Gasteiger partial charge in [-0.1, -0.05) is 12.8 Å². The highest BCUT2D eigenvalue weighted by atomic mass is 19.4. The lowest BCUT2D eigenvalue weighted by molar-refractivity contribution is -0.211. The summed E-state index contributed by atoms with van der Waals surface area (Å²) < 4.78 is 43.0. The van der Waals surface area contributed by atoms with Gasteiger partial charge in [0.05, 0.1) is 12.2 Å². The molecule has 1 saturated heterocycles. The second kappa shape index (κ2) is 4.66. The third kappa shape index (κ3) is 2.41. The van der Waals surface area contributed by atoms with Crippen molar-refractivity contribution in [1.82, 2.24) is 4.90 Å². The van der Waals surface area contributed by atoms with E-state index in [9.17, 15) is 27.9 Å². The Hall–Kier alpha value is -1.31. The molecule has 1 unspecified atom stereocenters. The number of alkyl halides is 3. The predicted octanol–water partition coefficient (Wildman–Crippen LogP) is 1.17. The average Bonchev–Trinajstić information content (AvgIpc) is 2.74. The van der Waals surface area contributed by atoms with Crippen molar-refractivity contribution in [3.8, 4) is 0 Å². The largest absolute Gasteiger partial charge is 0.480 e. The molecule has 8 heteroatoms. The van der Waals surface area contributed by atoms with Crippen LogP contribution in [-0.4, -0.2) is 52.9 Å². The van der Waals surface area contributed by atoms with Crippen LogP contribution in [0.25, 0.3) is 0 Å². The summed E-state index contributed by atoms with van der Waals surface area (Å²) in [7, 11) is 0. The molecule has 5 nitrogen and oxygen atoms in total. The van der Waals surface area contributed by atoms with Gasteiger partial charge in [-0.2, -0.15) is 13.2 Å². The van der Waals surface area contributed by atoms with Gasteiger partial charge in [-0.3, -0.25) is 4.79 Å². The van der Waals surface area contributed by atoms with Gasteiger partial charge in [-0.05, 0) is 12.8 Å². The van der Waals surface area contributed by atoms with Crippen LogP contribution in [0, 0.1) is 0 Å². The van der Waals surface area contributed by atoms with Gasteiger partial charge in [-0.25, -0.2) is 4.79 Å². The normalized spacial score (nSPS) is 26.7. The van der Waals surface area contributed by atoms with Gasteiger partial charge in [0, 0.05) is 6.54 Å². The van der Waals surface area contributed by atoms with Gasteiger partial charge >= 0.3 is 18.1 Å². The van der Waals surface area contributed by atoms with Crippen LogP contribution in [0.1, 0.15) is 25.7 Å². The molecule has 1 amide bonds. The summed E-state index contributed by atoms with van der Waals surface area (Å²) in [4.78, 5) is 23.1. The maximum atomic E-state index is 12.5. The van der Waals surface area contributed by atoms with E-state index in [0.29, 0.717) is 30.6 Å². The van der Waals surface area contributed by atoms with Crippen molar-refractivity contribution in [1.29, 1.82) is 0 Å². The molecule has 1 aliphatic heterocycles. The van der Waals surface area contributed by atoms with Gasteiger partial charge in [0.2, 0.25) is 0 Å². The molecule has 1 spiro atoms. The Labute approximate surface area is 107 Å². The Kier molecular flexibility index (Phi) is 3.46. The quantitative estimate of drug-likeness (QED) is 0.783. The molecule has 1 saturated carbocycles. The summed E-state index contributed by atoms with van der Waals surface area (Å²) in [6.07, 6.45) is -2.95. The van der Waals surface area contributed by atoms with Crippen molar-refractivity contribution in [2.24, 2.45) is 0 Å². The van der Waals surface area contributed by atoms with Crippen LogP contribution >= 0.6 is 0 Å². The van der Waals surface area contributed by atoms with Gasteiger partial charge in [0.15, 0.2) is 6.04 Å². The Balaban J connectivity index is 2.32. The zero-order valence-electron chi connectivity index (χ0n) is 10.1. The smallest absolute Gasteiger partial charge is 0.471 e. The highest BCUT2D eigenvalue weighted by Gasteiger charge is 2.56. The SMILES string of the molecule is O=C(O)C1N(C(=O)C(F)(F)F)CCOC12CCCC2. The molecular weight excluding hydrogens is 267 g/mol. The molecule has 2 fully saturated rings. The molecule has 1 heterocycles. The van der Waals surface area contributed by atoms with Crippen molar-refractivity contribution >= 4 is 11.9 Å². The second-order valence-electron chi connectivity index (χ2n) is 4.86. The minimum atomic E-state index is -5.06. The minimum Gasteiger partial charge on any atom is -0.480 e. The first kappa shape index (κ1) is 14.1. The number of rotatable bonds is 1. The van der Waals surface area contributed by atoms with E-state index >= 15 is 0 Å². The van der Waals surface area contributed by atoms with E-state index in [-0.39, 0.29) is 13.2 Å². The van der Waals surface area contributed by atoms with Gasteiger partial charge < -0.3 is 14.7 Å². The van der Waals surface area contributed by atoms with Crippen molar-refractivity contribution in [2.45, 2.75) is 43.5 Å². The molecule has 1 atom stereocenters. The zero-order valence-corrected chi connectivity index (χ0v) is 10.1. The Morgan fingerprint density at radius 1 is 1.26 bits per heavy atom. The maximum absolute atomic E-state index is 12.5. The lowest BCUT2D eigenvalue weighted by Crippen LogP contribution is -2.65. The summed E-state index contributed by atoms with van der Waals surface area (Å²) in [6, 6.07) is -1.56. The number of carboxylic acids is 1. The first-order chi connectivity index (χ1) is 8.78. The fourth-order valence-electron chi connectivity index (χ4n) is 2.97. The number of carbonyl (C=O) groups is 2. The molecule has 0 aromatic heterocycles. The summed E-state index contributed by atoms with van der Waals surface area (Å²) in [5.74, 6) is -3.55. The van der Waals surface area contributed by atoms with Crippen molar-refractivity contribution < 1.29 is 32.6 Å². The van der Waals surface area contributed by atoms with Crippen LogP contribution in [0.3, 0.4) is 0 Å². The number of halogens is 3. The first-order valence-corrected chi connectivity index (χ1v) is 6.02. The molecule has 0 aromatic rings. The lowest BCUT2D eigenvalue weighted by atomic mass is 9.89. The topological polar surface area (TPSA) is 66.8 Å². The highest BCUT2D eigenvalue weighted by molar-refractivity contribution is 5.88. The standard InChI is InChI=1S/C11H14F3NO4/c12-11(13,14)9(18)15-5-6-19-10(3-1-2-4-10)7(15)8(16)17/h7H,1-6H2,(H,16,17). The molecule has 108 valence electrons. The Morgan fingerprint density at radius 2 is 1.84 bits per heavy atom. The third-order valence-electron chi connectivity index (χ3n) is 3.72. The van der Waals surface area contributed by atoms with E-state index in [1.165, 1.54) is 0 Å². The summed E-state index contributed by atoms with van der Waals surface area (Å²) in [5.41, 5.74) is -1.16. The summed E-state index contributed by atoms with van der Waals surface area (Å²) in [5, 5.41) is 9.21. The monoisotopic (exact) mass is 281 g/mol. The van der Waals surface area contributed by atoms with Crippen molar-refractivity contribution in [3.05, 3.63) is 0 Å². The number of morpholine rings is 1. The van der Waals surface area contributed by atoms with E-state index in [1.807, 2.05) is 0 Å². The van der Waals surface area contributed by atoms with Crippen LogP contribution in [-0.2, 0) is 14.3 Å². The predicted molar refractivity (Wildman–Crippen MR) is 56.3 cm³/mol. The maximum Gasteiger partial charge on any atom is 0.471 e. The molecule has 19 heavy (non-hydrogen) atoms. The number of carboxylic acid groups (broad SMARTS) is 1. The third-order valence-corrected chi connectivity index (χ3v) is 3.72. The second-order valence-corrected chi connectivity index (χ2v) is 4.86. The summed E-state index contributed by atoms with van der Waals surface area (Å²) in [6.45, 7) is -0.414. The van der Waals surface area contributed by atoms with Crippen LogP contribution in [0.4, 0.5) is 13.2 Å². The van der Waals surface area contributed by atoms with Crippen LogP contribution < -0.4 is 0 Å². The lowest BCUT2D eigenvalue weighted by Gasteiger charge is -2.45. The molecule has 1 aliphatic carbocycles. The fraction of sp³-hybridized carbons (Fsp3) is 0.818. The number of amides is 1. The average molecular weight is 281 g/mol. The summed E-state index contributed by atoms with van der Waals surface area (Å²) >= 11 is 0. The van der Waals surface area contributed by atoms with E-state index in [2.05, 4.69) is 0 Å². The number of ether oxygens (including phenoxy) is 1. The number of carbonyl (C=O) groups excluding carboxylic acids is 1. The van der Waals surface area contributed by atoms with E-state index < -0.39 is 29.7 Å². The van der Waals surface area contributed by atoms with Gasteiger partial charge in [0.1, 0.15) is 0 Å². The van der Waals surface area contributed by atoms with Crippen molar-refractivity contribution in [3.63, 3.8) is 0 Å². The van der Waals surface area contributed by atoms with Crippen LogP contribution in [0.2, 0.25) is 0 Å². The molecule has 2 aliphatic rings. The number of aliphatic carboxylic acids is 1. The van der Waals surface area contributed by atoms with E-state index in [4.69, 9.17) is 4.74 Å². The van der Waals surface area contributed by atoms with Crippen LogP contribution in [0.5, 0.6) is 0 Å². The molecular formula is C11H14F3NO4. The van der Waals surface area contributed by atoms with Gasteiger partial charge in [0.25, 0.3) is 0 Å². The minimum absolute atomic E-state index is 0.0639. The van der Waals surface area contributed by atoms with Gasteiger partial charge in [-0.15, -0.1) is 0 Å². The zero-order chi connectivity index (χ0) is 14.3. The van der Waals surface area contributed by atoms with Crippen LogP contribution in [0.15, 0.2) is 0 Å². The Morgan fingerprint density at radius 3 is 2.32 bits per heavy atom. The first-order valence-electron chi connectivity index (χ1n) is 6.02. The Bertz CT molecular complexity index is 390. The molecule has 2 rings (SSSR count). The number of nitrogens with zero attached hydrogens (tertiary/aromatic N) is 1. The molecule has 0 bridgehead atoms.